The quantitative estimate of drug-likeness (QED) is 0.881. The highest BCUT2D eigenvalue weighted by molar-refractivity contribution is 5.94. The fraction of sp³-hybridized carbons (Fsp3) is 0.571. The van der Waals surface area contributed by atoms with Gasteiger partial charge in [-0.25, -0.2) is 0 Å². The molecule has 2 rings (SSSR count). The SMILES string of the molecule is CCNC1CCN(C(=O)c2ccncc2)CC1C. The number of carbonyl (C=O) groups excluding carboxylic acids is 1. The van der Waals surface area contributed by atoms with Gasteiger partial charge in [-0.05, 0) is 31.0 Å². The van der Waals surface area contributed by atoms with Gasteiger partial charge in [0.25, 0.3) is 5.91 Å². The predicted molar refractivity (Wildman–Crippen MR) is 71.4 cm³/mol. The molecule has 4 nitrogen and oxygen atoms in total. The third-order valence-corrected chi connectivity index (χ3v) is 3.59. The Balaban J connectivity index is 1.98. The minimum absolute atomic E-state index is 0.124. The number of carbonyl (C=O) groups is 1. The van der Waals surface area contributed by atoms with Crippen molar-refractivity contribution in [3.63, 3.8) is 0 Å². The van der Waals surface area contributed by atoms with Crippen LogP contribution in [-0.4, -0.2) is 41.5 Å². The molecule has 1 aromatic rings. The zero-order chi connectivity index (χ0) is 13.0. The van der Waals surface area contributed by atoms with Gasteiger partial charge in [0.05, 0.1) is 0 Å². The van der Waals surface area contributed by atoms with Crippen LogP contribution >= 0.6 is 0 Å². The van der Waals surface area contributed by atoms with Crippen molar-refractivity contribution >= 4 is 5.91 Å². The van der Waals surface area contributed by atoms with Crippen LogP contribution in [0.4, 0.5) is 0 Å². The predicted octanol–water partition coefficient (Wildman–Crippen LogP) is 1.54. The maximum atomic E-state index is 12.3. The highest BCUT2D eigenvalue weighted by atomic mass is 16.2. The standard InChI is InChI=1S/C14H21N3O/c1-3-16-13-6-9-17(10-11(13)2)14(18)12-4-7-15-8-5-12/h4-5,7-8,11,13,16H,3,6,9-10H2,1-2H3. The van der Waals surface area contributed by atoms with Crippen molar-refractivity contribution in [2.75, 3.05) is 19.6 Å². The van der Waals surface area contributed by atoms with Gasteiger partial charge in [-0.3, -0.25) is 9.78 Å². The zero-order valence-corrected chi connectivity index (χ0v) is 11.1. The van der Waals surface area contributed by atoms with Crippen molar-refractivity contribution < 1.29 is 4.79 Å². The molecule has 0 radical (unpaired) electrons. The molecule has 0 saturated carbocycles. The van der Waals surface area contributed by atoms with Crippen molar-refractivity contribution in [2.24, 2.45) is 5.92 Å². The second-order valence-corrected chi connectivity index (χ2v) is 4.92. The van der Waals surface area contributed by atoms with E-state index >= 15 is 0 Å². The molecule has 2 atom stereocenters. The van der Waals surface area contributed by atoms with E-state index in [9.17, 15) is 4.79 Å². The highest BCUT2D eigenvalue weighted by Gasteiger charge is 2.28. The average Bonchev–Trinajstić information content (AvgIpc) is 2.41. The topological polar surface area (TPSA) is 45.2 Å². The molecule has 1 amide bonds. The second kappa shape index (κ2) is 5.96. The Morgan fingerprint density at radius 1 is 1.50 bits per heavy atom. The first-order valence-electron chi connectivity index (χ1n) is 6.65. The molecular weight excluding hydrogens is 226 g/mol. The van der Waals surface area contributed by atoms with Crippen LogP contribution < -0.4 is 5.32 Å². The van der Waals surface area contributed by atoms with Crippen LogP contribution in [0.1, 0.15) is 30.6 Å². The van der Waals surface area contributed by atoms with Crippen LogP contribution in [0.2, 0.25) is 0 Å². The molecule has 4 heteroatoms. The monoisotopic (exact) mass is 247 g/mol. The summed E-state index contributed by atoms with van der Waals surface area (Å²) in [6.07, 6.45) is 4.37. The van der Waals surface area contributed by atoms with E-state index in [1.807, 2.05) is 4.90 Å². The van der Waals surface area contributed by atoms with Gasteiger partial charge in [0, 0.05) is 37.1 Å². The molecular formula is C14H21N3O. The van der Waals surface area contributed by atoms with E-state index in [0.717, 1.165) is 31.6 Å². The van der Waals surface area contributed by atoms with Gasteiger partial charge < -0.3 is 10.2 Å². The maximum absolute atomic E-state index is 12.3. The summed E-state index contributed by atoms with van der Waals surface area (Å²) in [4.78, 5) is 18.2. The van der Waals surface area contributed by atoms with Crippen LogP contribution in [0, 0.1) is 5.92 Å². The second-order valence-electron chi connectivity index (χ2n) is 4.92. The Morgan fingerprint density at radius 2 is 2.22 bits per heavy atom. The van der Waals surface area contributed by atoms with Gasteiger partial charge in [-0.1, -0.05) is 13.8 Å². The summed E-state index contributed by atoms with van der Waals surface area (Å²) in [6, 6.07) is 4.10. The lowest BCUT2D eigenvalue weighted by atomic mass is 9.93. The number of hydrogen-bond acceptors (Lipinski definition) is 3. The minimum atomic E-state index is 0.124. The number of hydrogen-bond donors (Lipinski definition) is 1. The van der Waals surface area contributed by atoms with Crippen LogP contribution in [0.15, 0.2) is 24.5 Å². The average molecular weight is 247 g/mol. The smallest absolute Gasteiger partial charge is 0.253 e. The molecule has 2 unspecified atom stereocenters. The summed E-state index contributed by atoms with van der Waals surface area (Å²) < 4.78 is 0. The van der Waals surface area contributed by atoms with Crippen molar-refractivity contribution in [1.29, 1.82) is 0 Å². The zero-order valence-electron chi connectivity index (χ0n) is 11.1. The van der Waals surface area contributed by atoms with E-state index in [1.165, 1.54) is 0 Å². The Bertz CT molecular complexity index is 393. The summed E-state index contributed by atoms with van der Waals surface area (Å²) in [6.45, 7) is 7.00. The van der Waals surface area contributed by atoms with Crippen molar-refractivity contribution in [3.05, 3.63) is 30.1 Å². The van der Waals surface area contributed by atoms with Crippen LogP contribution in [0.3, 0.4) is 0 Å². The van der Waals surface area contributed by atoms with Gasteiger partial charge >= 0.3 is 0 Å². The molecule has 0 bridgehead atoms. The van der Waals surface area contributed by atoms with Crippen molar-refractivity contribution in [3.8, 4) is 0 Å². The summed E-state index contributed by atoms with van der Waals surface area (Å²) in [7, 11) is 0. The van der Waals surface area contributed by atoms with E-state index in [1.54, 1.807) is 24.5 Å². The fourth-order valence-corrected chi connectivity index (χ4v) is 2.57. The molecule has 1 aliphatic rings. The number of likely N-dealkylation sites (tertiary alicyclic amines) is 1. The lowest BCUT2D eigenvalue weighted by molar-refractivity contribution is 0.0646. The highest BCUT2D eigenvalue weighted by Crippen LogP contribution is 2.18. The van der Waals surface area contributed by atoms with Crippen molar-refractivity contribution in [2.45, 2.75) is 26.3 Å². The molecule has 1 saturated heterocycles. The van der Waals surface area contributed by atoms with Gasteiger partial charge in [0.2, 0.25) is 0 Å². The van der Waals surface area contributed by atoms with Gasteiger partial charge in [-0.15, -0.1) is 0 Å². The van der Waals surface area contributed by atoms with E-state index in [2.05, 4.69) is 24.1 Å². The normalized spacial score (nSPS) is 24.0. The third-order valence-electron chi connectivity index (χ3n) is 3.59. The Morgan fingerprint density at radius 3 is 2.83 bits per heavy atom. The molecule has 1 aromatic heterocycles. The minimum Gasteiger partial charge on any atom is -0.338 e. The number of nitrogens with zero attached hydrogens (tertiary/aromatic N) is 2. The number of aromatic nitrogens is 1. The first-order chi connectivity index (χ1) is 8.72. The van der Waals surface area contributed by atoms with E-state index in [-0.39, 0.29) is 5.91 Å². The molecule has 98 valence electrons. The summed E-state index contributed by atoms with van der Waals surface area (Å²) in [5.41, 5.74) is 0.735. The largest absolute Gasteiger partial charge is 0.338 e. The molecule has 18 heavy (non-hydrogen) atoms. The number of piperidine rings is 1. The number of amides is 1. The Labute approximate surface area is 108 Å². The molecule has 0 aliphatic carbocycles. The Kier molecular flexibility index (Phi) is 4.31. The third kappa shape index (κ3) is 2.88. The van der Waals surface area contributed by atoms with Crippen LogP contribution in [-0.2, 0) is 0 Å². The maximum Gasteiger partial charge on any atom is 0.253 e. The number of pyridine rings is 1. The number of rotatable bonds is 3. The number of nitrogens with one attached hydrogen (secondary N) is 1. The van der Waals surface area contributed by atoms with Crippen LogP contribution in [0.5, 0.6) is 0 Å². The first kappa shape index (κ1) is 13.0. The molecule has 1 fully saturated rings. The molecule has 1 aliphatic heterocycles. The van der Waals surface area contributed by atoms with Gasteiger partial charge in [0.1, 0.15) is 0 Å². The van der Waals surface area contributed by atoms with Gasteiger partial charge in [0.15, 0.2) is 0 Å². The van der Waals surface area contributed by atoms with E-state index in [0.29, 0.717) is 12.0 Å². The molecule has 1 N–H and O–H groups in total. The van der Waals surface area contributed by atoms with E-state index < -0.39 is 0 Å². The lowest BCUT2D eigenvalue weighted by Gasteiger charge is -2.37. The lowest BCUT2D eigenvalue weighted by Crippen LogP contribution is -2.50. The fourth-order valence-electron chi connectivity index (χ4n) is 2.57. The molecule has 2 heterocycles. The van der Waals surface area contributed by atoms with E-state index in [4.69, 9.17) is 0 Å². The van der Waals surface area contributed by atoms with Crippen LogP contribution in [0.25, 0.3) is 0 Å². The summed E-state index contributed by atoms with van der Waals surface area (Å²) >= 11 is 0. The summed E-state index contributed by atoms with van der Waals surface area (Å²) in [5, 5.41) is 3.49. The first-order valence-corrected chi connectivity index (χ1v) is 6.65. The summed E-state index contributed by atoms with van der Waals surface area (Å²) in [5.74, 6) is 0.628. The molecule has 0 spiro atoms. The van der Waals surface area contributed by atoms with Crippen molar-refractivity contribution in [1.82, 2.24) is 15.2 Å². The Hall–Kier alpha value is -1.42. The molecule has 0 aromatic carbocycles. The van der Waals surface area contributed by atoms with Gasteiger partial charge in [-0.2, -0.15) is 0 Å².